The summed E-state index contributed by atoms with van der Waals surface area (Å²) in [6, 6.07) is 8.52. The zero-order valence-corrected chi connectivity index (χ0v) is 19.8. The van der Waals surface area contributed by atoms with Crippen molar-refractivity contribution in [2.45, 2.75) is 39.7 Å². The van der Waals surface area contributed by atoms with Crippen molar-refractivity contribution in [2.75, 3.05) is 19.6 Å². The summed E-state index contributed by atoms with van der Waals surface area (Å²) in [6.45, 7) is 7.08. The van der Waals surface area contributed by atoms with Gasteiger partial charge in [-0.05, 0) is 48.9 Å². The molecule has 0 saturated heterocycles. The third-order valence-corrected chi connectivity index (χ3v) is 6.73. The van der Waals surface area contributed by atoms with Crippen LogP contribution in [0.5, 0.6) is 0 Å². The molecule has 0 fully saturated rings. The number of fused-ring (bicyclic) bond motifs is 2. The first-order chi connectivity index (χ1) is 15.8. The number of hydrogen-bond donors (Lipinski definition) is 1. The second kappa shape index (κ2) is 9.31. The number of hydrogen-bond acceptors (Lipinski definition) is 5. The van der Waals surface area contributed by atoms with E-state index in [1.165, 1.54) is 22.7 Å². The largest absolute Gasteiger partial charge is 0.355 e. The van der Waals surface area contributed by atoms with Crippen molar-refractivity contribution in [2.24, 2.45) is 14.1 Å². The second-order valence-electron chi connectivity index (χ2n) is 8.85. The van der Waals surface area contributed by atoms with E-state index in [2.05, 4.69) is 39.5 Å². The average molecular weight is 450 g/mol. The summed E-state index contributed by atoms with van der Waals surface area (Å²) in [5, 5.41) is 3.46. The molecule has 3 aromatic rings. The van der Waals surface area contributed by atoms with Gasteiger partial charge in [0.2, 0.25) is 5.91 Å². The Kier molecular flexibility index (Phi) is 6.47. The molecule has 1 aliphatic heterocycles. The Balaban J connectivity index is 1.38. The predicted octanol–water partition coefficient (Wildman–Crippen LogP) is 1.36. The summed E-state index contributed by atoms with van der Waals surface area (Å²) in [4.78, 5) is 44.3. The van der Waals surface area contributed by atoms with Gasteiger partial charge in [0.1, 0.15) is 5.65 Å². The molecule has 4 rings (SSSR count). The third kappa shape index (κ3) is 4.48. The maximum absolute atomic E-state index is 12.7. The molecule has 33 heavy (non-hydrogen) atoms. The molecule has 174 valence electrons. The van der Waals surface area contributed by atoms with Crippen LogP contribution in [0.2, 0.25) is 0 Å². The highest BCUT2D eigenvalue weighted by molar-refractivity contribution is 5.80. The molecule has 2 aromatic heterocycles. The van der Waals surface area contributed by atoms with Gasteiger partial charge in [0.15, 0.2) is 0 Å². The number of nitrogens with one attached hydrogen (secondary N) is 1. The van der Waals surface area contributed by atoms with Crippen molar-refractivity contribution >= 4 is 16.9 Å². The number of carbonyl (C=O) groups excluding carboxylic acids is 1. The molecule has 1 N–H and O–H groups in total. The number of aryl methyl sites for hydroxylation is 3. The Bertz CT molecular complexity index is 1340. The van der Waals surface area contributed by atoms with Crippen molar-refractivity contribution < 1.29 is 4.79 Å². The number of nitrogens with zero attached hydrogens (tertiary/aromatic N) is 4. The molecule has 0 atom stereocenters. The van der Waals surface area contributed by atoms with Gasteiger partial charge in [-0.1, -0.05) is 24.3 Å². The van der Waals surface area contributed by atoms with Gasteiger partial charge in [-0.25, -0.2) is 9.78 Å². The van der Waals surface area contributed by atoms with Crippen LogP contribution in [0.15, 0.2) is 33.9 Å². The quantitative estimate of drug-likeness (QED) is 0.614. The smallest absolute Gasteiger partial charge is 0.332 e. The first-order valence-corrected chi connectivity index (χ1v) is 11.4. The van der Waals surface area contributed by atoms with E-state index in [0.29, 0.717) is 30.4 Å². The Morgan fingerprint density at radius 2 is 1.82 bits per heavy atom. The van der Waals surface area contributed by atoms with E-state index in [1.807, 2.05) is 13.8 Å². The molecule has 8 nitrogen and oxygen atoms in total. The fraction of sp³-hybridized carbons (Fsp3) is 0.440. The number of aromatic nitrogens is 3. The molecule has 3 heterocycles. The number of benzene rings is 1. The Morgan fingerprint density at radius 3 is 2.58 bits per heavy atom. The van der Waals surface area contributed by atoms with Crippen molar-refractivity contribution in [3.63, 3.8) is 0 Å². The van der Waals surface area contributed by atoms with Crippen molar-refractivity contribution in [3.05, 3.63) is 73.1 Å². The lowest BCUT2D eigenvalue weighted by molar-refractivity contribution is -0.121. The van der Waals surface area contributed by atoms with E-state index in [1.54, 1.807) is 7.05 Å². The zero-order valence-electron chi connectivity index (χ0n) is 19.8. The van der Waals surface area contributed by atoms with E-state index in [9.17, 15) is 14.4 Å². The molecular formula is C25H31N5O3. The number of rotatable bonds is 6. The summed E-state index contributed by atoms with van der Waals surface area (Å²) < 4.78 is 2.49. The highest BCUT2D eigenvalue weighted by atomic mass is 16.2. The van der Waals surface area contributed by atoms with Gasteiger partial charge >= 0.3 is 5.69 Å². The fourth-order valence-electron chi connectivity index (χ4n) is 4.73. The molecule has 0 bridgehead atoms. The van der Waals surface area contributed by atoms with Gasteiger partial charge < -0.3 is 5.32 Å². The molecule has 0 radical (unpaired) electrons. The average Bonchev–Trinajstić information content (AvgIpc) is 2.80. The van der Waals surface area contributed by atoms with Gasteiger partial charge in [-0.3, -0.25) is 23.6 Å². The molecule has 0 saturated carbocycles. The van der Waals surface area contributed by atoms with Crippen molar-refractivity contribution in [3.8, 4) is 0 Å². The Morgan fingerprint density at radius 1 is 1.09 bits per heavy atom. The van der Waals surface area contributed by atoms with E-state index in [0.717, 1.165) is 47.4 Å². The highest BCUT2D eigenvalue weighted by Crippen LogP contribution is 2.21. The number of pyridine rings is 1. The standard InChI is InChI=1S/C25H31N5O3/c1-16-20(17(2)27-23-22(16)24(32)29(4)25(33)28(23)3)9-10-21(31)26-12-14-30-13-11-18-7-5-6-8-19(18)15-30/h5-8H,9-15H2,1-4H3,(H,26,31). The van der Waals surface area contributed by atoms with Gasteiger partial charge in [0, 0.05) is 52.4 Å². The van der Waals surface area contributed by atoms with Crippen molar-refractivity contribution in [1.29, 1.82) is 0 Å². The van der Waals surface area contributed by atoms with Crippen LogP contribution in [0.1, 0.15) is 34.4 Å². The minimum absolute atomic E-state index is 0.0142. The van der Waals surface area contributed by atoms with Crippen LogP contribution in [-0.4, -0.2) is 44.6 Å². The molecule has 8 heteroatoms. The van der Waals surface area contributed by atoms with Crippen LogP contribution in [-0.2, 0) is 38.3 Å². The van der Waals surface area contributed by atoms with E-state index in [-0.39, 0.29) is 11.5 Å². The minimum atomic E-state index is -0.400. The van der Waals surface area contributed by atoms with Crippen LogP contribution in [0.3, 0.4) is 0 Å². The highest BCUT2D eigenvalue weighted by Gasteiger charge is 2.18. The molecule has 1 aliphatic rings. The first-order valence-electron chi connectivity index (χ1n) is 11.4. The van der Waals surface area contributed by atoms with Crippen LogP contribution >= 0.6 is 0 Å². The lowest BCUT2D eigenvalue weighted by Gasteiger charge is -2.28. The zero-order chi connectivity index (χ0) is 23.7. The van der Waals surface area contributed by atoms with Crippen molar-refractivity contribution in [1.82, 2.24) is 24.3 Å². The lowest BCUT2D eigenvalue weighted by atomic mass is 9.99. The number of amides is 1. The van der Waals surface area contributed by atoms with E-state index < -0.39 is 5.69 Å². The van der Waals surface area contributed by atoms with Crippen LogP contribution in [0.4, 0.5) is 0 Å². The molecule has 0 aliphatic carbocycles. The summed E-state index contributed by atoms with van der Waals surface area (Å²) in [5.74, 6) is -0.0142. The van der Waals surface area contributed by atoms with E-state index in [4.69, 9.17) is 0 Å². The predicted molar refractivity (Wildman–Crippen MR) is 128 cm³/mol. The van der Waals surface area contributed by atoms with E-state index >= 15 is 0 Å². The van der Waals surface area contributed by atoms with Crippen LogP contribution in [0.25, 0.3) is 11.0 Å². The maximum Gasteiger partial charge on any atom is 0.332 e. The topological polar surface area (TPSA) is 89.2 Å². The SMILES string of the molecule is Cc1nc2c(c(C)c1CCC(=O)NCCN1CCc3ccccc3C1)c(=O)n(C)c(=O)n2C. The monoisotopic (exact) mass is 449 g/mol. The summed E-state index contributed by atoms with van der Waals surface area (Å²) in [7, 11) is 3.08. The van der Waals surface area contributed by atoms with Gasteiger partial charge in [-0.15, -0.1) is 0 Å². The fourth-order valence-corrected chi connectivity index (χ4v) is 4.73. The summed E-state index contributed by atoms with van der Waals surface area (Å²) >= 11 is 0. The molecule has 0 spiro atoms. The normalized spacial score (nSPS) is 13.8. The molecule has 1 amide bonds. The molecular weight excluding hydrogens is 418 g/mol. The Hall–Kier alpha value is -3.26. The Labute approximate surface area is 192 Å². The third-order valence-electron chi connectivity index (χ3n) is 6.73. The second-order valence-corrected chi connectivity index (χ2v) is 8.85. The molecule has 0 unspecified atom stereocenters. The van der Waals surface area contributed by atoms with Crippen LogP contribution in [0, 0.1) is 13.8 Å². The van der Waals surface area contributed by atoms with Gasteiger partial charge in [0.05, 0.1) is 5.39 Å². The van der Waals surface area contributed by atoms with Gasteiger partial charge in [-0.2, -0.15) is 0 Å². The summed E-state index contributed by atoms with van der Waals surface area (Å²) in [6.07, 6.45) is 1.86. The van der Waals surface area contributed by atoms with Gasteiger partial charge in [0.25, 0.3) is 5.56 Å². The maximum atomic E-state index is 12.7. The summed E-state index contributed by atoms with van der Waals surface area (Å²) in [5.41, 5.74) is 4.83. The minimum Gasteiger partial charge on any atom is -0.355 e. The first kappa shape index (κ1) is 22.9. The molecule has 1 aromatic carbocycles. The lowest BCUT2D eigenvalue weighted by Crippen LogP contribution is -2.38. The van der Waals surface area contributed by atoms with Crippen LogP contribution < -0.4 is 16.6 Å². The number of carbonyl (C=O) groups is 1.